The molecule has 0 heterocycles. The van der Waals surface area contributed by atoms with Gasteiger partial charge in [-0.2, -0.15) is 5.26 Å². The first-order valence-corrected chi connectivity index (χ1v) is 5.16. The minimum Gasteiger partial charge on any atom is -0.192 e. The summed E-state index contributed by atoms with van der Waals surface area (Å²) in [5.41, 5.74) is 1.86. The number of hydrogen-bond acceptors (Lipinski definition) is 1. The number of aryl methyl sites for hydroxylation is 1. The van der Waals surface area contributed by atoms with Crippen molar-refractivity contribution >= 4 is 45.2 Å². The molecule has 0 amide bonds. The van der Waals surface area contributed by atoms with Crippen molar-refractivity contribution < 1.29 is 0 Å². The first-order chi connectivity index (χ1) is 5.15. The molecular weight excluding hydrogens is 364 g/mol. The first-order valence-electron chi connectivity index (χ1n) is 3.01. The van der Waals surface area contributed by atoms with Crippen LogP contribution in [0.1, 0.15) is 11.1 Å². The summed E-state index contributed by atoms with van der Waals surface area (Å²) in [7, 11) is 0. The van der Waals surface area contributed by atoms with Gasteiger partial charge in [-0.05, 0) is 69.8 Å². The van der Waals surface area contributed by atoms with Crippen LogP contribution >= 0.6 is 45.2 Å². The van der Waals surface area contributed by atoms with Crippen molar-refractivity contribution in [3.05, 3.63) is 30.4 Å². The normalized spacial score (nSPS) is 9.27. The van der Waals surface area contributed by atoms with Crippen molar-refractivity contribution in [1.29, 1.82) is 5.26 Å². The highest BCUT2D eigenvalue weighted by molar-refractivity contribution is 14.1. The van der Waals surface area contributed by atoms with Crippen LogP contribution in [-0.2, 0) is 0 Å². The Kier molecular flexibility index (Phi) is 3.13. The summed E-state index contributed by atoms with van der Waals surface area (Å²) < 4.78 is 2.22. The molecule has 3 heteroatoms. The summed E-state index contributed by atoms with van der Waals surface area (Å²) in [5, 5.41) is 8.73. The highest BCUT2D eigenvalue weighted by Gasteiger charge is 2.02. The largest absolute Gasteiger partial charge is 0.192 e. The van der Waals surface area contributed by atoms with E-state index >= 15 is 0 Å². The second kappa shape index (κ2) is 3.72. The minimum absolute atomic E-state index is 0.797. The minimum atomic E-state index is 0.797. The van der Waals surface area contributed by atoms with E-state index in [4.69, 9.17) is 5.26 Å². The van der Waals surface area contributed by atoms with E-state index in [9.17, 15) is 0 Å². The van der Waals surface area contributed by atoms with Crippen LogP contribution < -0.4 is 0 Å². The molecule has 0 atom stereocenters. The third-order valence-corrected chi connectivity index (χ3v) is 2.84. The van der Waals surface area contributed by atoms with E-state index in [2.05, 4.69) is 51.3 Å². The van der Waals surface area contributed by atoms with Crippen molar-refractivity contribution in [3.63, 3.8) is 0 Å². The smallest absolute Gasteiger partial charge is 0.101 e. The van der Waals surface area contributed by atoms with Crippen LogP contribution in [-0.4, -0.2) is 0 Å². The third-order valence-electron chi connectivity index (χ3n) is 1.36. The fourth-order valence-corrected chi connectivity index (χ4v) is 3.10. The van der Waals surface area contributed by atoms with Crippen molar-refractivity contribution in [2.45, 2.75) is 6.92 Å². The molecule has 0 unspecified atom stereocenters. The number of benzene rings is 1. The van der Waals surface area contributed by atoms with Gasteiger partial charge in [0.2, 0.25) is 0 Å². The second-order valence-corrected chi connectivity index (χ2v) is 4.60. The van der Waals surface area contributed by atoms with Gasteiger partial charge in [-0.3, -0.25) is 0 Å². The van der Waals surface area contributed by atoms with Gasteiger partial charge in [0.05, 0.1) is 5.56 Å². The van der Waals surface area contributed by atoms with Gasteiger partial charge >= 0.3 is 0 Å². The van der Waals surface area contributed by atoms with Crippen LogP contribution in [0.5, 0.6) is 0 Å². The Morgan fingerprint density at radius 3 is 2.45 bits per heavy atom. The molecule has 1 nitrogen and oxygen atoms in total. The summed E-state index contributed by atoms with van der Waals surface area (Å²) in [6.45, 7) is 1.96. The molecule has 0 aliphatic carbocycles. The van der Waals surface area contributed by atoms with Gasteiger partial charge in [-0.25, -0.2) is 0 Å². The third kappa shape index (κ3) is 2.06. The lowest BCUT2D eigenvalue weighted by atomic mass is 10.1. The fraction of sp³-hybridized carbons (Fsp3) is 0.125. The van der Waals surface area contributed by atoms with E-state index in [1.54, 1.807) is 0 Å². The molecule has 0 radical (unpaired) electrons. The van der Waals surface area contributed by atoms with Crippen molar-refractivity contribution in [2.24, 2.45) is 0 Å². The maximum Gasteiger partial charge on any atom is 0.101 e. The van der Waals surface area contributed by atoms with Crippen LogP contribution in [0.15, 0.2) is 12.1 Å². The quantitative estimate of drug-likeness (QED) is 0.645. The molecule has 1 rings (SSSR count). The number of hydrogen-bond donors (Lipinski definition) is 0. The zero-order valence-electron chi connectivity index (χ0n) is 5.86. The number of halogens is 2. The molecule has 0 spiro atoms. The molecule has 0 aliphatic heterocycles. The molecule has 0 bridgehead atoms. The van der Waals surface area contributed by atoms with Gasteiger partial charge in [-0.1, -0.05) is 0 Å². The summed E-state index contributed by atoms with van der Waals surface area (Å²) >= 11 is 4.43. The van der Waals surface area contributed by atoms with Crippen LogP contribution in [0.25, 0.3) is 0 Å². The highest BCUT2D eigenvalue weighted by atomic mass is 127. The summed E-state index contributed by atoms with van der Waals surface area (Å²) in [4.78, 5) is 0. The highest BCUT2D eigenvalue weighted by Crippen LogP contribution is 2.19. The SMILES string of the molecule is Cc1cc(I)cc(I)c1C#N. The van der Waals surface area contributed by atoms with Crippen molar-refractivity contribution in [1.82, 2.24) is 0 Å². The number of nitriles is 1. The van der Waals surface area contributed by atoms with Gasteiger partial charge in [-0.15, -0.1) is 0 Å². The lowest BCUT2D eigenvalue weighted by molar-refractivity contribution is 1.36. The predicted octanol–water partition coefficient (Wildman–Crippen LogP) is 3.08. The monoisotopic (exact) mass is 369 g/mol. The van der Waals surface area contributed by atoms with E-state index in [1.807, 2.05) is 19.1 Å². The second-order valence-electron chi connectivity index (χ2n) is 2.19. The Bertz CT molecular complexity index is 302. The van der Waals surface area contributed by atoms with Gasteiger partial charge in [0.25, 0.3) is 0 Å². The molecule has 1 aromatic carbocycles. The van der Waals surface area contributed by atoms with Crippen LogP contribution in [0.4, 0.5) is 0 Å². The first kappa shape index (κ1) is 9.26. The van der Waals surface area contributed by atoms with E-state index in [-0.39, 0.29) is 0 Å². The molecule has 0 saturated heterocycles. The molecule has 1 aromatic rings. The average molecular weight is 369 g/mol. The average Bonchev–Trinajstić information content (AvgIpc) is 1.85. The molecule has 56 valence electrons. The van der Waals surface area contributed by atoms with Gasteiger partial charge in [0, 0.05) is 7.14 Å². The zero-order valence-corrected chi connectivity index (χ0v) is 10.2. The van der Waals surface area contributed by atoms with Gasteiger partial charge in [0.1, 0.15) is 6.07 Å². The standard InChI is InChI=1S/C8H5I2N/c1-5-2-6(9)3-8(10)7(5)4-11/h2-3H,1H3. The van der Waals surface area contributed by atoms with Crippen molar-refractivity contribution in [2.75, 3.05) is 0 Å². The number of nitrogens with zero attached hydrogens (tertiary/aromatic N) is 1. The molecule has 0 fully saturated rings. The van der Waals surface area contributed by atoms with Gasteiger partial charge < -0.3 is 0 Å². The molecular formula is C8H5I2N. The van der Waals surface area contributed by atoms with Crippen molar-refractivity contribution in [3.8, 4) is 6.07 Å². The summed E-state index contributed by atoms with van der Waals surface area (Å²) in [6.07, 6.45) is 0. The summed E-state index contributed by atoms with van der Waals surface area (Å²) in [5.74, 6) is 0. The fourth-order valence-electron chi connectivity index (χ4n) is 0.844. The number of rotatable bonds is 0. The molecule has 0 aliphatic rings. The van der Waals surface area contributed by atoms with Crippen LogP contribution in [0, 0.1) is 25.4 Å². The zero-order chi connectivity index (χ0) is 8.43. The van der Waals surface area contributed by atoms with E-state index in [0.717, 1.165) is 14.7 Å². The topological polar surface area (TPSA) is 23.8 Å². The Labute approximate surface area is 93.1 Å². The van der Waals surface area contributed by atoms with Crippen LogP contribution in [0.3, 0.4) is 0 Å². The predicted molar refractivity (Wildman–Crippen MR) is 61.3 cm³/mol. The summed E-state index contributed by atoms with van der Waals surface area (Å²) in [6, 6.07) is 6.20. The molecule has 0 saturated carbocycles. The molecule has 0 aromatic heterocycles. The van der Waals surface area contributed by atoms with E-state index < -0.39 is 0 Å². The lowest BCUT2D eigenvalue weighted by Crippen LogP contribution is -1.88. The maximum absolute atomic E-state index is 8.73. The molecule has 0 N–H and O–H groups in total. The Morgan fingerprint density at radius 2 is 2.00 bits per heavy atom. The lowest BCUT2D eigenvalue weighted by Gasteiger charge is -2.00. The van der Waals surface area contributed by atoms with E-state index in [1.165, 1.54) is 3.57 Å². The Morgan fingerprint density at radius 1 is 1.36 bits per heavy atom. The maximum atomic E-state index is 8.73. The van der Waals surface area contributed by atoms with Gasteiger partial charge in [0.15, 0.2) is 0 Å². The molecule has 11 heavy (non-hydrogen) atoms. The van der Waals surface area contributed by atoms with E-state index in [0.29, 0.717) is 0 Å². The Balaban J connectivity index is 3.40. The van der Waals surface area contributed by atoms with Crippen LogP contribution in [0.2, 0.25) is 0 Å². The Hall–Kier alpha value is 0.170.